The predicted octanol–water partition coefficient (Wildman–Crippen LogP) is 1.44. The summed E-state index contributed by atoms with van der Waals surface area (Å²) in [5.41, 5.74) is 0. The van der Waals surface area contributed by atoms with Gasteiger partial charge in [-0.2, -0.15) is 11.8 Å². The Kier molecular flexibility index (Phi) is 8.29. The van der Waals surface area contributed by atoms with Crippen LogP contribution in [0.4, 0.5) is 0 Å². The molecule has 3 nitrogen and oxygen atoms in total. The lowest BCUT2D eigenvalue weighted by Crippen LogP contribution is -2.37. The lowest BCUT2D eigenvalue weighted by molar-refractivity contribution is 0.199. The van der Waals surface area contributed by atoms with Gasteiger partial charge < -0.3 is 15.0 Å². The molecule has 96 valence electrons. The zero-order chi connectivity index (χ0) is 11.6. The lowest BCUT2D eigenvalue weighted by Gasteiger charge is -2.30. The van der Waals surface area contributed by atoms with Gasteiger partial charge in [0.2, 0.25) is 0 Å². The van der Waals surface area contributed by atoms with Crippen LogP contribution in [0.2, 0.25) is 0 Å². The third kappa shape index (κ3) is 6.74. The summed E-state index contributed by atoms with van der Waals surface area (Å²) in [6.45, 7) is 9.10. The minimum Gasteiger partial charge on any atom is -0.383 e. The molecule has 0 aliphatic carbocycles. The Morgan fingerprint density at radius 3 is 3.00 bits per heavy atom. The zero-order valence-electron chi connectivity index (χ0n) is 10.7. The molecule has 1 saturated heterocycles. The third-order valence-corrected chi connectivity index (χ3v) is 4.02. The average Bonchev–Trinajstić information content (AvgIpc) is 2.28. The first-order valence-corrected chi connectivity index (χ1v) is 7.41. The highest BCUT2D eigenvalue weighted by Crippen LogP contribution is 2.17. The molecule has 1 N–H and O–H groups in total. The number of hydrogen-bond donors (Lipinski definition) is 1. The summed E-state index contributed by atoms with van der Waals surface area (Å²) in [6.07, 6.45) is 2.60. The second kappa shape index (κ2) is 9.28. The molecule has 16 heavy (non-hydrogen) atoms. The summed E-state index contributed by atoms with van der Waals surface area (Å²) < 4.78 is 4.98. The summed E-state index contributed by atoms with van der Waals surface area (Å²) in [7, 11) is 1.75. The van der Waals surface area contributed by atoms with E-state index < -0.39 is 0 Å². The maximum atomic E-state index is 4.98. The van der Waals surface area contributed by atoms with E-state index >= 15 is 0 Å². The highest BCUT2D eigenvalue weighted by Gasteiger charge is 2.15. The lowest BCUT2D eigenvalue weighted by atomic mass is 10.2. The van der Waals surface area contributed by atoms with Gasteiger partial charge in [-0.15, -0.1) is 0 Å². The van der Waals surface area contributed by atoms with E-state index in [-0.39, 0.29) is 0 Å². The molecule has 1 rings (SSSR count). The van der Waals surface area contributed by atoms with Gasteiger partial charge in [0.05, 0.1) is 6.61 Å². The number of hydrogen-bond acceptors (Lipinski definition) is 4. The van der Waals surface area contributed by atoms with Crippen LogP contribution < -0.4 is 5.32 Å². The molecule has 0 aromatic carbocycles. The van der Waals surface area contributed by atoms with E-state index in [2.05, 4.69) is 28.9 Å². The van der Waals surface area contributed by atoms with Gasteiger partial charge in [-0.25, -0.2) is 0 Å². The number of rotatable bonds is 8. The first kappa shape index (κ1) is 14.3. The number of ether oxygens (including phenoxy) is 1. The van der Waals surface area contributed by atoms with Crippen LogP contribution in [-0.4, -0.2) is 62.3 Å². The normalized spacial score (nSPS) is 22.5. The summed E-state index contributed by atoms with van der Waals surface area (Å²) in [4.78, 5) is 2.61. The minimum atomic E-state index is 0.820. The smallest absolute Gasteiger partial charge is 0.0587 e. The van der Waals surface area contributed by atoms with Crippen molar-refractivity contribution in [1.82, 2.24) is 10.2 Å². The van der Waals surface area contributed by atoms with Crippen LogP contribution in [0.25, 0.3) is 0 Å². The van der Waals surface area contributed by atoms with Crippen LogP contribution in [0.5, 0.6) is 0 Å². The molecule has 1 heterocycles. The summed E-state index contributed by atoms with van der Waals surface area (Å²) >= 11 is 2.11. The molecule has 1 aliphatic rings. The maximum absolute atomic E-state index is 4.98. The molecule has 0 radical (unpaired) electrons. The van der Waals surface area contributed by atoms with Crippen molar-refractivity contribution in [2.24, 2.45) is 0 Å². The molecule has 1 unspecified atom stereocenters. The minimum absolute atomic E-state index is 0.820. The van der Waals surface area contributed by atoms with Crippen LogP contribution in [0.1, 0.15) is 19.8 Å². The van der Waals surface area contributed by atoms with Crippen molar-refractivity contribution in [1.29, 1.82) is 0 Å². The Hall–Kier alpha value is 0.230. The largest absolute Gasteiger partial charge is 0.383 e. The SMILES string of the molecule is COCCNCCCCN1CCSC(C)C1. The van der Waals surface area contributed by atoms with E-state index in [4.69, 9.17) is 4.74 Å². The van der Waals surface area contributed by atoms with Gasteiger partial charge in [-0.1, -0.05) is 6.92 Å². The molecule has 0 amide bonds. The van der Waals surface area contributed by atoms with Crippen LogP contribution >= 0.6 is 11.8 Å². The highest BCUT2D eigenvalue weighted by molar-refractivity contribution is 7.99. The fourth-order valence-corrected chi connectivity index (χ4v) is 3.06. The maximum Gasteiger partial charge on any atom is 0.0587 e. The molecule has 1 aliphatic heterocycles. The van der Waals surface area contributed by atoms with Gasteiger partial charge in [0.1, 0.15) is 0 Å². The molecule has 1 fully saturated rings. The van der Waals surface area contributed by atoms with Crippen LogP contribution in [-0.2, 0) is 4.74 Å². The topological polar surface area (TPSA) is 24.5 Å². The first-order valence-electron chi connectivity index (χ1n) is 6.36. The van der Waals surface area contributed by atoms with Crippen molar-refractivity contribution in [3.8, 4) is 0 Å². The number of unbranched alkanes of at least 4 members (excludes halogenated alkanes) is 1. The van der Waals surface area contributed by atoms with Gasteiger partial charge in [0, 0.05) is 37.7 Å². The molecule has 4 heteroatoms. The molecular formula is C12H26N2OS. The second-order valence-corrected chi connectivity index (χ2v) is 5.98. The van der Waals surface area contributed by atoms with Crippen molar-refractivity contribution in [3.05, 3.63) is 0 Å². The number of thioether (sulfide) groups is 1. The number of nitrogens with zero attached hydrogens (tertiary/aromatic N) is 1. The molecule has 1 atom stereocenters. The van der Waals surface area contributed by atoms with E-state index in [1.54, 1.807) is 7.11 Å². The van der Waals surface area contributed by atoms with Gasteiger partial charge in [0.25, 0.3) is 0 Å². The molecule has 0 aromatic heterocycles. The summed E-state index contributed by atoms with van der Waals surface area (Å²) in [6, 6.07) is 0. The number of nitrogens with one attached hydrogen (secondary N) is 1. The van der Waals surface area contributed by atoms with Crippen LogP contribution in [0, 0.1) is 0 Å². The summed E-state index contributed by atoms with van der Waals surface area (Å²) in [5.74, 6) is 1.31. The molecular weight excluding hydrogens is 220 g/mol. The van der Waals surface area contributed by atoms with E-state index in [0.717, 1.165) is 24.9 Å². The van der Waals surface area contributed by atoms with Crippen molar-refractivity contribution < 1.29 is 4.74 Å². The predicted molar refractivity (Wildman–Crippen MR) is 72.3 cm³/mol. The summed E-state index contributed by atoms with van der Waals surface area (Å²) in [5, 5.41) is 4.21. The Morgan fingerprint density at radius 2 is 2.25 bits per heavy atom. The first-order chi connectivity index (χ1) is 7.83. The van der Waals surface area contributed by atoms with Crippen LogP contribution in [0.3, 0.4) is 0 Å². The van der Waals surface area contributed by atoms with Gasteiger partial charge >= 0.3 is 0 Å². The Morgan fingerprint density at radius 1 is 1.38 bits per heavy atom. The zero-order valence-corrected chi connectivity index (χ0v) is 11.5. The Labute approximate surface area is 104 Å². The van der Waals surface area contributed by atoms with Crippen molar-refractivity contribution in [2.45, 2.75) is 25.0 Å². The highest BCUT2D eigenvalue weighted by atomic mass is 32.2. The standard InChI is InChI=1S/C12H26N2OS/c1-12-11-14(8-10-16-12)7-4-3-5-13-6-9-15-2/h12-13H,3-11H2,1-2H3. The van der Waals surface area contributed by atoms with Gasteiger partial charge in [0.15, 0.2) is 0 Å². The quantitative estimate of drug-likeness (QED) is 0.655. The monoisotopic (exact) mass is 246 g/mol. The Bertz CT molecular complexity index is 169. The van der Waals surface area contributed by atoms with Crippen molar-refractivity contribution >= 4 is 11.8 Å². The van der Waals surface area contributed by atoms with E-state index in [1.807, 2.05) is 0 Å². The molecule has 0 aromatic rings. The molecule has 0 spiro atoms. The third-order valence-electron chi connectivity index (χ3n) is 2.89. The molecule has 0 bridgehead atoms. The van der Waals surface area contributed by atoms with E-state index in [0.29, 0.717) is 0 Å². The fourth-order valence-electron chi connectivity index (χ4n) is 1.98. The Balaban J connectivity index is 1.86. The van der Waals surface area contributed by atoms with Gasteiger partial charge in [-0.3, -0.25) is 0 Å². The van der Waals surface area contributed by atoms with Gasteiger partial charge in [-0.05, 0) is 25.9 Å². The van der Waals surface area contributed by atoms with Crippen molar-refractivity contribution in [3.63, 3.8) is 0 Å². The molecule has 0 saturated carbocycles. The fraction of sp³-hybridized carbons (Fsp3) is 1.00. The van der Waals surface area contributed by atoms with Crippen LogP contribution in [0.15, 0.2) is 0 Å². The van der Waals surface area contributed by atoms with Crippen molar-refractivity contribution in [2.75, 3.05) is 52.2 Å². The second-order valence-electron chi connectivity index (χ2n) is 4.43. The van der Waals surface area contributed by atoms with E-state index in [1.165, 1.54) is 38.2 Å². The van der Waals surface area contributed by atoms with E-state index in [9.17, 15) is 0 Å². The number of methoxy groups -OCH3 is 1. The average molecular weight is 246 g/mol.